The monoisotopic (exact) mass is 491 g/mol. The predicted molar refractivity (Wildman–Crippen MR) is 112 cm³/mol. The molecular formula is C21H16Br2ClNO. The Bertz CT molecular complexity index is 886. The summed E-state index contributed by atoms with van der Waals surface area (Å²) in [6.07, 6.45) is 0. The van der Waals surface area contributed by atoms with Crippen molar-refractivity contribution in [3.8, 4) is 0 Å². The molecule has 5 heteroatoms. The average Bonchev–Trinajstić information content (AvgIpc) is 3.02. The number of halogens is 3. The first-order valence-electron chi connectivity index (χ1n) is 8.24. The molecule has 0 bridgehead atoms. The van der Waals surface area contributed by atoms with E-state index in [0.29, 0.717) is 0 Å². The number of hydrogen-bond acceptors (Lipinski definition) is 2. The van der Waals surface area contributed by atoms with Crippen LogP contribution in [0, 0.1) is 0 Å². The van der Waals surface area contributed by atoms with Gasteiger partial charge in [-0.05, 0) is 41.0 Å². The van der Waals surface area contributed by atoms with E-state index in [1.807, 2.05) is 42.5 Å². The zero-order valence-electron chi connectivity index (χ0n) is 13.7. The Morgan fingerprint density at radius 1 is 0.769 bits per heavy atom. The number of rotatable bonds is 3. The Kier molecular flexibility index (Phi) is 5.22. The highest BCUT2D eigenvalue weighted by Crippen LogP contribution is 2.49. The van der Waals surface area contributed by atoms with Crippen LogP contribution >= 0.6 is 43.5 Å². The van der Waals surface area contributed by atoms with Crippen LogP contribution in [0.2, 0.25) is 0 Å². The van der Waals surface area contributed by atoms with Gasteiger partial charge in [0, 0.05) is 8.95 Å². The molecule has 3 aromatic rings. The third-order valence-corrected chi connectivity index (χ3v) is 5.95. The summed E-state index contributed by atoms with van der Waals surface area (Å²) in [4.78, 5) is 0. The molecule has 0 radical (unpaired) electrons. The smallest absolute Gasteiger partial charge is 0.187 e. The third kappa shape index (κ3) is 3.25. The van der Waals surface area contributed by atoms with Gasteiger partial charge in [0.1, 0.15) is 5.60 Å². The number of alkyl halides is 1. The lowest BCUT2D eigenvalue weighted by Crippen LogP contribution is -2.35. The second-order valence-corrected chi connectivity index (χ2v) is 8.42. The Balaban J connectivity index is 1.93. The quantitative estimate of drug-likeness (QED) is 0.340. The molecular weight excluding hydrogens is 477 g/mol. The molecule has 1 fully saturated rings. The van der Waals surface area contributed by atoms with Crippen molar-refractivity contribution in [1.29, 1.82) is 0 Å². The molecule has 1 heterocycles. The summed E-state index contributed by atoms with van der Waals surface area (Å²) in [7, 11) is 0. The zero-order valence-corrected chi connectivity index (χ0v) is 17.6. The molecule has 3 unspecified atom stereocenters. The Hall–Kier alpha value is -1.17. The van der Waals surface area contributed by atoms with E-state index in [4.69, 9.17) is 16.3 Å². The van der Waals surface area contributed by atoms with Crippen LogP contribution in [-0.2, 0) is 10.3 Å². The van der Waals surface area contributed by atoms with Crippen molar-refractivity contribution in [3.05, 3.63) is 104 Å². The van der Waals surface area contributed by atoms with Gasteiger partial charge in [-0.15, -0.1) is 0 Å². The van der Waals surface area contributed by atoms with Crippen molar-refractivity contribution in [2.75, 3.05) is 0 Å². The van der Waals surface area contributed by atoms with E-state index in [2.05, 4.69) is 73.6 Å². The van der Waals surface area contributed by atoms with Gasteiger partial charge in [0.15, 0.2) is 5.69 Å². The van der Waals surface area contributed by atoms with Gasteiger partial charge in [-0.1, -0.05) is 98.1 Å². The number of ether oxygens (including phenoxy) is 1. The van der Waals surface area contributed by atoms with Gasteiger partial charge in [0.2, 0.25) is 0 Å². The Morgan fingerprint density at radius 3 is 1.92 bits per heavy atom. The fourth-order valence-corrected chi connectivity index (χ4v) is 4.31. The summed E-state index contributed by atoms with van der Waals surface area (Å²) in [6, 6.07) is 26.6. The summed E-state index contributed by atoms with van der Waals surface area (Å²) in [5.74, 6) is 0. The van der Waals surface area contributed by atoms with E-state index in [0.717, 1.165) is 25.6 Å². The van der Waals surface area contributed by atoms with E-state index in [9.17, 15) is 0 Å². The lowest BCUT2D eigenvalue weighted by molar-refractivity contribution is 0.00855. The summed E-state index contributed by atoms with van der Waals surface area (Å²) >= 11 is 13.5. The van der Waals surface area contributed by atoms with Crippen LogP contribution < -0.4 is 5.32 Å². The summed E-state index contributed by atoms with van der Waals surface area (Å²) in [5.41, 5.74) is 1.92. The normalized spacial score (nSPS) is 25.3. The molecule has 2 nitrogen and oxygen atoms in total. The maximum atomic E-state index is 6.45. The summed E-state index contributed by atoms with van der Waals surface area (Å²) in [6.45, 7) is 0. The largest absolute Gasteiger partial charge is 0.331 e. The van der Waals surface area contributed by atoms with E-state index in [1.165, 1.54) is 0 Å². The van der Waals surface area contributed by atoms with Crippen molar-refractivity contribution < 1.29 is 4.74 Å². The molecule has 3 aromatic carbocycles. The van der Waals surface area contributed by atoms with Gasteiger partial charge >= 0.3 is 0 Å². The molecule has 0 aliphatic carbocycles. The minimum Gasteiger partial charge on any atom is -0.331 e. The number of nitrogens with one attached hydrogen (secondary N) is 1. The van der Waals surface area contributed by atoms with Crippen LogP contribution in [0.15, 0.2) is 87.8 Å². The number of hydrogen-bond donors (Lipinski definition) is 1. The van der Waals surface area contributed by atoms with Crippen LogP contribution in [0.25, 0.3) is 0 Å². The van der Waals surface area contributed by atoms with Gasteiger partial charge in [-0.25, -0.2) is 0 Å². The van der Waals surface area contributed by atoms with Crippen molar-refractivity contribution in [3.63, 3.8) is 0 Å². The molecule has 132 valence electrons. The first kappa shape index (κ1) is 18.2. The SMILES string of the molecule is ClC1NC(c2ccc(Br)cc2)C(c2ccccc2)(c2ccc(Br)cc2)O1. The molecule has 1 aliphatic heterocycles. The van der Waals surface area contributed by atoms with Gasteiger partial charge in [0.05, 0.1) is 6.04 Å². The third-order valence-electron chi connectivity index (χ3n) is 4.67. The van der Waals surface area contributed by atoms with E-state index < -0.39 is 11.3 Å². The molecule has 4 rings (SSSR count). The molecule has 1 aliphatic rings. The fraction of sp³-hybridized carbons (Fsp3) is 0.143. The lowest BCUT2D eigenvalue weighted by atomic mass is 9.78. The number of benzene rings is 3. The minimum atomic E-state index is -0.720. The highest BCUT2D eigenvalue weighted by atomic mass is 79.9. The molecule has 26 heavy (non-hydrogen) atoms. The average molecular weight is 494 g/mol. The van der Waals surface area contributed by atoms with Crippen LogP contribution in [0.3, 0.4) is 0 Å². The van der Waals surface area contributed by atoms with E-state index in [1.54, 1.807) is 0 Å². The highest BCUT2D eigenvalue weighted by Gasteiger charge is 2.51. The molecule has 1 N–H and O–H groups in total. The molecule has 0 aromatic heterocycles. The second-order valence-electron chi connectivity index (χ2n) is 6.19. The molecule has 3 atom stereocenters. The summed E-state index contributed by atoms with van der Waals surface area (Å²) < 4.78 is 8.45. The van der Waals surface area contributed by atoms with Crippen LogP contribution in [0.1, 0.15) is 22.7 Å². The van der Waals surface area contributed by atoms with Gasteiger partial charge in [0.25, 0.3) is 0 Å². The van der Waals surface area contributed by atoms with Gasteiger partial charge in [-0.2, -0.15) is 0 Å². The maximum Gasteiger partial charge on any atom is 0.187 e. The second kappa shape index (κ2) is 7.45. The highest BCUT2D eigenvalue weighted by molar-refractivity contribution is 9.10. The van der Waals surface area contributed by atoms with Gasteiger partial charge < -0.3 is 4.74 Å². The standard InChI is InChI=1S/C21H16Br2ClNO/c22-17-10-6-14(7-11-17)19-21(26-20(24)25-19,15-4-2-1-3-5-15)16-8-12-18(23)13-9-16/h1-13,19-20,25H. The predicted octanol–water partition coefficient (Wildman–Crippen LogP) is 6.34. The zero-order chi connectivity index (χ0) is 18.1. The summed E-state index contributed by atoms with van der Waals surface area (Å²) in [5, 5.41) is 3.41. The minimum absolute atomic E-state index is 0.123. The Morgan fingerprint density at radius 2 is 1.31 bits per heavy atom. The van der Waals surface area contributed by atoms with E-state index >= 15 is 0 Å². The van der Waals surface area contributed by atoms with Crippen LogP contribution in [0.5, 0.6) is 0 Å². The van der Waals surface area contributed by atoms with Crippen LogP contribution in [0.4, 0.5) is 0 Å². The van der Waals surface area contributed by atoms with Crippen molar-refractivity contribution in [1.82, 2.24) is 5.32 Å². The first-order chi connectivity index (χ1) is 12.6. The molecule has 1 saturated heterocycles. The van der Waals surface area contributed by atoms with Crippen molar-refractivity contribution >= 4 is 43.5 Å². The van der Waals surface area contributed by atoms with Crippen molar-refractivity contribution in [2.45, 2.75) is 17.3 Å². The van der Waals surface area contributed by atoms with Crippen LogP contribution in [-0.4, -0.2) is 5.69 Å². The van der Waals surface area contributed by atoms with E-state index in [-0.39, 0.29) is 6.04 Å². The lowest BCUT2D eigenvalue weighted by Gasteiger charge is -2.35. The maximum absolute atomic E-state index is 6.45. The Labute approximate surface area is 174 Å². The fourth-order valence-electron chi connectivity index (χ4n) is 3.52. The first-order valence-corrected chi connectivity index (χ1v) is 10.3. The topological polar surface area (TPSA) is 21.3 Å². The van der Waals surface area contributed by atoms with Gasteiger partial charge in [-0.3, -0.25) is 5.32 Å². The van der Waals surface area contributed by atoms with Crippen molar-refractivity contribution in [2.24, 2.45) is 0 Å². The molecule has 0 spiro atoms. The molecule has 0 saturated carbocycles. The molecule has 0 amide bonds.